The molecule has 106 valence electrons. The quantitative estimate of drug-likeness (QED) is 0.777. The van der Waals surface area contributed by atoms with E-state index in [-0.39, 0.29) is 5.75 Å². The number of hydrogen-bond donors (Lipinski definition) is 1. The number of carboxylic acids is 1. The van der Waals surface area contributed by atoms with Crippen molar-refractivity contribution in [2.24, 2.45) is 0 Å². The van der Waals surface area contributed by atoms with Crippen molar-refractivity contribution in [2.75, 3.05) is 5.75 Å². The van der Waals surface area contributed by atoms with Gasteiger partial charge in [-0.05, 0) is 21.9 Å². The molecular weight excluding hydrogens is 288 g/mol. The van der Waals surface area contributed by atoms with E-state index in [9.17, 15) is 4.79 Å². The second kappa shape index (κ2) is 5.92. The number of carbonyl (C=O) groups is 1. The maximum atomic E-state index is 10.6. The molecule has 1 N–H and O–H groups in total. The maximum absolute atomic E-state index is 10.6. The summed E-state index contributed by atoms with van der Waals surface area (Å²) in [6, 6.07) is 13.9. The highest BCUT2D eigenvalue weighted by molar-refractivity contribution is 7.99. The van der Waals surface area contributed by atoms with Gasteiger partial charge in [-0.15, -0.1) is 16.9 Å². The number of hydrogen-bond acceptors (Lipinski definition) is 5. The smallest absolute Gasteiger partial charge is 0.313 e. The molecule has 0 saturated heterocycles. The molecule has 0 bridgehead atoms. The SMILES string of the molecule is O=C(O)CSCc1nnnn1-c1cccc2ccccc12. The van der Waals surface area contributed by atoms with Gasteiger partial charge in [0.05, 0.1) is 17.2 Å². The molecule has 0 amide bonds. The molecule has 2 aromatic carbocycles. The first kappa shape index (κ1) is 13.6. The maximum Gasteiger partial charge on any atom is 0.313 e. The largest absolute Gasteiger partial charge is 0.481 e. The summed E-state index contributed by atoms with van der Waals surface area (Å²) in [5, 5.41) is 22.6. The highest BCUT2D eigenvalue weighted by Gasteiger charge is 2.11. The third-order valence-corrected chi connectivity index (χ3v) is 3.90. The zero-order chi connectivity index (χ0) is 14.7. The predicted molar refractivity (Wildman–Crippen MR) is 80.5 cm³/mol. The van der Waals surface area contributed by atoms with Crippen molar-refractivity contribution < 1.29 is 9.90 Å². The number of thioether (sulfide) groups is 1. The minimum Gasteiger partial charge on any atom is -0.481 e. The van der Waals surface area contributed by atoms with E-state index in [2.05, 4.69) is 15.5 Å². The van der Waals surface area contributed by atoms with Gasteiger partial charge < -0.3 is 5.11 Å². The molecule has 0 aliphatic carbocycles. The topological polar surface area (TPSA) is 80.9 Å². The predicted octanol–water partition coefficient (Wildman–Crippen LogP) is 2.13. The molecule has 0 fully saturated rings. The molecule has 1 aromatic heterocycles. The summed E-state index contributed by atoms with van der Waals surface area (Å²) in [4.78, 5) is 10.6. The molecule has 0 unspecified atom stereocenters. The zero-order valence-corrected chi connectivity index (χ0v) is 11.8. The van der Waals surface area contributed by atoms with E-state index < -0.39 is 5.97 Å². The van der Waals surface area contributed by atoms with Crippen LogP contribution in [-0.4, -0.2) is 37.0 Å². The number of aromatic nitrogens is 4. The number of aliphatic carboxylic acids is 1. The van der Waals surface area contributed by atoms with E-state index in [1.807, 2.05) is 42.5 Å². The van der Waals surface area contributed by atoms with Gasteiger partial charge in [-0.25, -0.2) is 0 Å². The fourth-order valence-corrected chi connectivity index (χ4v) is 2.74. The fourth-order valence-electron chi connectivity index (χ4n) is 2.11. The minimum atomic E-state index is -0.843. The summed E-state index contributed by atoms with van der Waals surface area (Å²) >= 11 is 1.27. The van der Waals surface area contributed by atoms with Gasteiger partial charge in [0.25, 0.3) is 0 Å². The first-order chi connectivity index (χ1) is 10.3. The summed E-state index contributed by atoms with van der Waals surface area (Å²) in [6.45, 7) is 0. The van der Waals surface area contributed by atoms with E-state index in [1.54, 1.807) is 4.68 Å². The second-order valence-corrected chi connectivity index (χ2v) is 5.38. The summed E-state index contributed by atoms with van der Waals surface area (Å²) in [5.74, 6) is 0.270. The zero-order valence-electron chi connectivity index (χ0n) is 11.0. The Bertz CT molecular complexity index is 782. The Labute approximate surface area is 124 Å². The Morgan fingerprint density at radius 3 is 2.86 bits per heavy atom. The van der Waals surface area contributed by atoms with E-state index in [0.29, 0.717) is 11.6 Å². The average Bonchev–Trinajstić information content (AvgIpc) is 2.94. The fraction of sp³-hybridized carbons (Fsp3) is 0.143. The van der Waals surface area contributed by atoms with Crippen LogP contribution in [0.25, 0.3) is 16.5 Å². The number of fused-ring (bicyclic) bond motifs is 1. The second-order valence-electron chi connectivity index (χ2n) is 4.39. The van der Waals surface area contributed by atoms with Crippen LogP contribution in [0.3, 0.4) is 0 Å². The van der Waals surface area contributed by atoms with Crippen LogP contribution in [-0.2, 0) is 10.5 Å². The molecular formula is C14H12N4O2S. The van der Waals surface area contributed by atoms with Crippen LogP contribution in [0.15, 0.2) is 42.5 Å². The number of benzene rings is 2. The van der Waals surface area contributed by atoms with Crippen LogP contribution in [0.5, 0.6) is 0 Å². The van der Waals surface area contributed by atoms with E-state index in [0.717, 1.165) is 16.5 Å². The lowest BCUT2D eigenvalue weighted by Gasteiger charge is -2.07. The highest BCUT2D eigenvalue weighted by atomic mass is 32.2. The van der Waals surface area contributed by atoms with Gasteiger partial charge in [0.2, 0.25) is 0 Å². The normalized spacial score (nSPS) is 10.9. The molecule has 0 aliphatic heterocycles. The summed E-state index contributed by atoms with van der Waals surface area (Å²) in [6.07, 6.45) is 0. The molecule has 0 spiro atoms. The highest BCUT2D eigenvalue weighted by Crippen LogP contribution is 2.23. The Balaban J connectivity index is 1.96. The summed E-state index contributed by atoms with van der Waals surface area (Å²) < 4.78 is 1.66. The Morgan fingerprint density at radius 2 is 2.00 bits per heavy atom. The average molecular weight is 300 g/mol. The molecule has 6 nitrogen and oxygen atoms in total. The standard InChI is InChI=1S/C14H12N4O2S/c19-14(20)9-21-8-13-15-16-17-18(13)12-7-3-5-10-4-1-2-6-11(10)12/h1-7H,8-9H2,(H,19,20). The Kier molecular flexibility index (Phi) is 3.83. The molecule has 7 heteroatoms. The van der Waals surface area contributed by atoms with Gasteiger partial charge in [-0.2, -0.15) is 4.68 Å². The molecule has 3 rings (SSSR count). The van der Waals surface area contributed by atoms with Gasteiger partial charge in [0.1, 0.15) is 0 Å². The molecule has 3 aromatic rings. The van der Waals surface area contributed by atoms with Gasteiger partial charge >= 0.3 is 5.97 Å². The third-order valence-electron chi connectivity index (χ3n) is 2.99. The first-order valence-electron chi connectivity index (χ1n) is 6.30. The van der Waals surface area contributed by atoms with Crippen molar-refractivity contribution in [3.8, 4) is 5.69 Å². The van der Waals surface area contributed by atoms with Crippen molar-refractivity contribution >= 4 is 28.5 Å². The molecule has 21 heavy (non-hydrogen) atoms. The van der Waals surface area contributed by atoms with Gasteiger partial charge in [-0.1, -0.05) is 36.4 Å². The number of carboxylic acid groups (broad SMARTS) is 1. The van der Waals surface area contributed by atoms with Crippen molar-refractivity contribution in [3.63, 3.8) is 0 Å². The Morgan fingerprint density at radius 1 is 1.19 bits per heavy atom. The lowest BCUT2D eigenvalue weighted by atomic mass is 10.1. The van der Waals surface area contributed by atoms with E-state index >= 15 is 0 Å². The molecule has 0 radical (unpaired) electrons. The first-order valence-corrected chi connectivity index (χ1v) is 7.46. The molecule has 0 atom stereocenters. The van der Waals surface area contributed by atoms with Crippen molar-refractivity contribution in [1.29, 1.82) is 0 Å². The lowest BCUT2D eigenvalue weighted by Crippen LogP contribution is -2.04. The van der Waals surface area contributed by atoms with Crippen LogP contribution in [0.2, 0.25) is 0 Å². The van der Waals surface area contributed by atoms with Gasteiger partial charge in [0, 0.05) is 5.39 Å². The van der Waals surface area contributed by atoms with Gasteiger partial charge in [0.15, 0.2) is 5.82 Å². The number of tetrazole rings is 1. The molecule has 0 aliphatic rings. The van der Waals surface area contributed by atoms with Crippen LogP contribution in [0.4, 0.5) is 0 Å². The Hall–Kier alpha value is -2.41. The summed E-state index contributed by atoms with van der Waals surface area (Å²) in [5.41, 5.74) is 0.893. The summed E-state index contributed by atoms with van der Waals surface area (Å²) in [7, 11) is 0. The monoisotopic (exact) mass is 300 g/mol. The van der Waals surface area contributed by atoms with Gasteiger partial charge in [-0.3, -0.25) is 4.79 Å². The van der Waals surface area contributed by atoms with E-state index in [4.69, 9.17) is 5.11 Å². The van der Waals surface area contributed by atoms with Crippen molar-refractivity contribution in [3.05, 3.63) is 48.3 Å². The number of rotatable bonds is 5. The van der Waals surface area contributed by atoms with Crippen LogP contribution in [0.1, 0.15) is 5.82 Å². The molecule has 0 saturated carbocycles. The van der Waals surface area contributed by atoms with Crippen LogP contribution < -0.4 is 0 Å². The minimum absolute atomic E-state index is 0.0302. The third kappa shape index (κ3) is 2.87. The van der Waals surface area contributed by atoms with Crippen molar-refractivity contribution in [1.82, 2.24) is 20.2 Å². The van der Waals surface area contributed by atoms with Crippen LogP contribution >= 0.6 is 11.8 Å². The van der Waals surface area contributed by atoms with Crippen molar-refractivity contribution in [2.45, 2.75) is 5.75 Å². The van der Waals surface area contributed by atoms with Crippen LogP contribution in [0, 0.1) is 0 Å². The molecule has 1 heterocycles. The van der Waals surface area contributed by atoms with E-state index in [1.165, 1.54) is 11.8 Å². The number of nitrogens with zero attached hydrogens (tertiary/aromatic N) is 4. The lowest BCUT2D eigenvalue weighted by molar-refractivity contribution is -0.133.